The number of rotatable bonds is 5. The third-order valence-electron chi connectivity index (χ3n) is 4.60. The minimum Gasteiger partial charge on any atom is -0.469 e. The summed E-state index contributed by atoms with van der Waals surface area (Å²) >= 11 is 0. The highest BCUT2D eigenvalue weighted by molar-refractivity contribution is 5.95. The highest BCUT2D eigenvalue weighted by atomic mass is 19.4. The molecule has 2 amide bonds. The fourth-order valence-corrected chi connectivity index (χ4v) is 3.14. The van der Waals surface area contributed by atoms with Crippen molar-refractivity contribution in [1.29, 1.82) is 0 Å². The molecular weight excluding hydrogens is 361 g/mol. The van der Waals surface area contributed by atoms with Gasteiger partial charge < -0.3 is 14.6 Å². The topological polar surface area (TPSA) is 62.6 Å². The number of nitrogens with one attached hydrogen (secondary N) is 1. The number of carbonyl (C=O) groups is 2. The highest BCUT2D eigenvalue weighted by Gasteiger charge is 2.32. The molecule has 1 aliphatic rings. The van der Waals surface area contributed by atoms with E-state index in [2.05, 4.69) is 5.32 Å². The third-order valence-corrected chi connectivity index (χ3v) is 4.60. The van der Waals surface area contributed by atoms with Gasteiger partial charge in [0.15, 0.2) is 0 Å². The molecule has 1 unspecified atom stereocenters. The summed E-state index contributed by atoms with van der Waals surface area (Å²) < 4.78 is 44.3. The van der Waals surface area contributed by atoms with Gasteiger partial charge in [-0.05, 0) is 37.1 Å². The molecule has 3 rings (SSSR count). The molecule has 2 aromatic rings. The molecule has 27 heavy (non-hydrogen) atoms. The van der Waals surface area contributed by atoms with Crippen LogP contribution in [0.4, 0.5) is 13.2 Å². The molecule has 1 saturated heterocycles. The van der Waals surface area contributed by atoms with Crippen molar-refractivity contribution in [1.82, 2.24) is 10.2 Å². The SMILES string of the molecule is Cc1occc1C(=O)NC(CN1CCCC1=O)c1cccc(C(F)(F)F)c1. The van der Waals surface area contributed by atoms with E-state index in [0.29, 0.717) is 36.3 Å². The molecule has 0 aliphatic carbocycles. The summed E-state index contributed by atoms with van der Waals surface area (Å²) in [6.45, 7) is 2.26. The number of halogens is 3. The van der Waals surface area contributed by atoms with E-state index in [4.69, 9.17) is 4.42 Å². The summed E-state index contributed by atoms with van der Waals surface area (Å²) in [7, 11) is 0. The summed E-state index contributed by atoms with van der Waals surface area (Å²) in [5, 5.41) is 2.74. The van der Waals surface area contributed by atoms with E-state index in [1.54, 1.807) is 11.8 Å². The Labute approximate surface area is 154 Å². The normalized spacial score (nSPS) is 15.9. The van der Waals surface area contributed by atoms with Gasteiger partial charge in [0.2, 0.25) is 5.91 Å². The summed E-state index contributed by atoms with van der Waals surface area (Å²) in [6, 6.07) is 5.53. The quantitative estimate of drug-likeness (QED) is 0.860. The van der Waals surface area contributed by atoms with Crippen molar-refractivity contribution in [3.05, 3.63) is 59.0 Å². The Bertz CT molecular complexity index is 845. The maximum absolute atomic E-state index is 13.1. The van der Waals surface area contributed by atoms with Crippen LogP contribution in [0.3, 0.4) is 0 Å². The molecule has 1 atom stereocenters. The van der Waals surface area contributed by atoms with Crippen molar-refractivity contribution < 1.29 is 27.2 Å². The van der Waals surface area contributed by atoms with E-state index < -0.39 is 23.7 Å². The molecule has 8 heteroatoms. The van der Waals surface area contributed by atoms with Crippen LogP contribution in [0.25, 0.3) is 0 Å². The Balaban J connectivity index is 1.89. The van der Waals surface area contributed by atoms with Crippen molar-refractivity contribution in [3.63, 3.8) is 0 Å². The van der Waals surface area contributed by atoms with E-state index in [1.807, 2.05) is 0 Å². The van der Waals surface area contributed by atoms with Gasteiger partial charge >= 0.3 is 6.18 Å². The number of alkyl halides is 3. The largest absolute Gasteiger partial charge is 0.469 e. The summed E-state index contributed by atoms with van der Waals surface area (Å²) in [4.78, 5) is 26.1. The van der Waals surface area contributed by atoms with E-state index in [-0.39, 0.29) is 12.5 Å². The molecule has 1 aromatic carbocycles. The molecule has 0 bridgehead atoms. The molecule has 2 heterocycles. The number of carbonyl (C=O) groups excluding carboxylic acids is 2. The molecule has 1 aromatic heterocycles. The van der Waals surface area contributed by atoms with Crippen LogP contribution in [0.5, 0.6) is 0 Å². The molecule has 1 aliphatic heterocycles. The van der Waals surface area contributed by atoms with E-state index in [0.717, 1.165) is 12.1 Å². The monoisotopic (exact) mass is 380 g/mol. The van der Waals surface area contributed by atoms with Crippen molar-refractivity contribution in [2.24, 2.45) is 0 Å². The number of hydrogen-bond acceptors (Lipinski definition) is 3. The standard InChI is InChI=1S/C19H19F3N2O3/c1-12-15(7-9-27-12)18(26)23-16(11-24-8-3-6-17(24)25)13-4-2-5-14(10-13)19(20,21)22/h2,4-5,7,9-10,16H,3,6,8,11H2,1H3,(H,23,26). The lowest BCUT2D eigenvalue weighted by atomic mass is 10.0. The lowest BCUT2D eigenvalue weighted by Gasteiger charge is -2.25. The van der Waals surface area contributed by atoms with Crippen LogP contribution < -0.4 is 5.32 Å². The van der Waals surface area contributed by atoms with Crippen molar-refractivity contribution in [3.8, 4) is 0 Å². The number of benzene rings is 1. The van der Waals surface area contributed by atoms with Gasteiger partial charge in [-0.2, -0.15) is 13.2 Å². The van der Waals surface area contributed by atoms with Gasteiger partial charge in [-0.3, -0.25) is 9.59 Å². The van der Waals surface area contributed by atoms with Crippen LogP contribution in [0.2, 0.25) is 0 Å². The molecule has 0 saturated carbocycles. The Kier molecular flexibility index (Phi) is 5.25. The first-order chi connectivity index (χ1) is 12.8. The average molecular weight is 380 g/mol. The summed E-state index contributed by atoms with van der Waals surface area (Å²) in [6.07, 6.45) is -2.02. The van der Waals surface area contributed by atoms with Crippen LogP contribution >= 0.6 is 0 Å². The van der Waals surface area contributed by atoms with Crippen LogP contribution in [-0.4, -0.2) is 29.8 Å². The predicted octanol–water partition coefficient (Wildman–Crippen LogP) is 3.70. The lowest BCUT2D eigenvalue weighted by molar-refractivity contribution is -0.137. The number of hydrogen-bond donors (Lipinski definition) is 1. The van der Waals surface area contributed by atoms with Crippen molar-refractivity contribution in [2.45, 2.75) is 32.0 Å². The summed E-state index contributed by atoms with van der Waals surface area (Å²) in [5.41, 5.74) is -0.203. The van der Waals surface area contributed by atoms with Gasteiger partial charge in [-0.25, -0.2) is 0 Å². The Hall–Kier alpha value is -2.77. The van der Waals surface area contributed by atoms with Crippen LogP contribution in [-0.2, 0) is 11.0 Å². The van der Waals surface area contributed by atoms with Gasteiger partial charge in [0, 0.05) is 19.5 Å². The van der Waals surface area contributed by atoms with Crippen LogP contribution in [0.1, 0.15) is 46.1 Å². The molecule has 5 nitrogen and oxygen atoms in total. The second-order valence-corrected chi connectivity index (χ2v) is 6.48. The molecule has 144 valence electrons. The summed E-state index contributed by atoms with van der Waals surface area (Å²) in [5.74, 6) is -0.122. The number of amides is 2. The predicted molar refractivity (Wildman–Crippen MR) is 90.9 cm³/mol. The maximum Gasteiger partial charge on any atom is 0.416 e. The zero-order valence-corrected chi connectivity index (χ0v) is 14.7. The van der Waals surface area contributed by atoms with Crippen LogP contribution in [0, 0.1) is 6.92 Å². The Morgan fingerprint density at radius 2 is 2.11 bits per heavy atom. The first-order valence-electron chi connectivity index (χ1n) is 8.55. The highest BCUT2D eigenvalue weighted by Crippen LogP contribution is 2.31. The fraction of sp³-hybridized carbons (Fsp3) is 0.368. The zero-order chi connectivity index (χ0) is 19.6. The lowest BCUT2D eigenvalue weighted by Crippen LogP contribution is -2.38. The third kappa shape index (κ3) is 4.32. The molecule has 1 fully saturated rings. The van der Waals surface area contributed by atoms with Crippen LogP contribution in [0.15, 0.2) is 41.0 Å². The number of aryl methyl sites for hydroxylation is 1. The Morgan fingerprint density at radius 3 is 2.70 bits per heavy atom. The number of likely N-dealkylation sites (tertiary alicyclic amines) is 1. The second-order valence-electron chi connectivity index (χ2n) is 6.48. The molecule has 0 spiro atoms. The number of furan rings is 1. The van der Waals surface area contributed by atoms with Gasteiger partial charge in [-0.1, -0.05) is 12.1 Å². The van der Waals surface area contributed by atoms with Gasteiger partial charge in [0.25, 0.3) is 5.91 Å². The zero-order valence-electron chi connectivity index (χ0n) is 14.7. The number of nitrogens with zero attached hydrogens (tertiary/aromatic N) is 1. The minimum absolute atomic E-state index is 0.0688. The smallest absolute Gasteiger partial charge is 0.416 e. The minimum atomic E-state index is -4.49. The maximum atomic E-state index is 13.1. The van der Waals surface area contributed by atoms with Crippen molar-refractivity contribution in [2.75, 3.05) is 13.1 Å². The van der Waals surface area contributed by atoms with Gasteiger partial charge in [-0.15, -0.1) is 0 Å². The van der Waals surface area contributed by atoms with Gasteiger partial charge in [0.05, 0.1) is 23.4 Å². The van der Waals surface area contributed by atoms with E-state index in [1.165, 1.54) is 24.5 Å². The van der Waals surface area contributed by atoms with Gasteiger partial charge in [0.1, 0.15) is 5.76 Å². The van der Waals surface area contributed by atoms with Crippen molar-refractivity contribution >= 4 is 11.8 Å². The first kappa shape index (κ1) is 19.0. The first-order valence-corrected chi connectivity index (χ1v) is 8.55. The molecule has 0 radical (unpaired) electrons. The fourth-order valence-electron chi connectivity index (χ4n) is 3.14. The average Bonchev–Trinajstić information content (AvgIpc) is 3.22. The van der Waals surface area contributed by atoms with E-state index in [9.17, 15) is 22.8 Å². The Morgan fingerprint density at radius 1 is 1.33 bits per heavy atom. The molecular formula is C19H19F3N2O3. The van der Waals surface area contributed by atoms with E-state index >= 15 is 0 Å². The molecule has 1 N–H and O–H groups in total. The second kappa shape index (κ2) is 7.46.